The Hall–Kier alpha value is -0.0900. The quantitative estimate of drug-likeness (QED) is 0.653. The van der Waals surface area contributed by atoms with Gasteiger partial charge in [-0.05, 0) is 31.7 Å². The van der Waals surface area contributed by atoms with E-state index in [9.17, 15) is 8.42 Å². The normalized spacial score (nSPS) is 32.5. The van der Waals surface area contributed by atoms with Gasteiger partial charge in [0.05, 0.1) is 5.25 Å². The van der Waals surface area contributed by atoms with E-state index in [1.165, 1.54) is 6.26 Å². The van der Waals surface area contributed by atoms with Crippen LogP contribution in [0.15, 0.2) is 0 Å². The van der Waals surface area contributed by atoms with Gasteiger partial charge in [-0.3, -0.25) is 0 Å². The number of hydrogen-bond donors (Lipinski definition) is 1. The third-order valence-electron chi connectivity index (χ3n) is 2.43. The Morgan fingerprint density at radius 3 is 2.36 bits per heavy atom. The lowest BCUT2D eigenvalue weighted by atomic mass is 10.1. The molecule has 0 radical (unpaired) electrons. The summed E-state index contributed by atoms with van der Waals surface area (Å²) in [5.41, 5.74) is 5.44. The van der Waals surface area contributed by atoms with Gasteiger partial charge >= 0.3 is 0 Å². The molecule has 1 saturated carbocycles. The smallest absolute Gasteiger partial charge is 0.150 e. The molecule has 4 heteroatoms. The lowest BCUT2D eigenvalue weighted by Crippen LogP contribution is -2.18. The summed E-state index contributed by atoms with van der Waals surface area (Å²) in [6.45, 7) is 0.631. The van der Waals surface area contributed by atoms with Crippen molar-refractivity contribution in [2.75, 3.05) is 12.8 Å². The summed E-state index contributed by atoms with van der Waals surface area (Å²) < 4.78 is 22.1. The van der Waals surface area contributed by atoms with Crippen LogP contribution in [0, 0.1) is 5.92 Å². The van der Waals surface area contributed by atoms with E-state index < -0.39 is 9.84 Å². The molecule has 0 amide bonds. The zero-order chi connectivity index (χ0) is 8.48. The molecule has 2 atom stereocenters. The number of hydrogen-bond acceptors (Lipinski definition) is 3. The van der Waals surface area contributed by atoms with Crippen LogP contribution >= 0.6 is 0 Å². The van der Waals surface area contributed by atoms with Gasteiger partial charge in [0, 0.05) is 6.26 Å². The molecule has 0 aromatic heterocycles. The molecular weight excluding hydrogens is 162 g/mol. The lowest BCUT2D eigenvalue weighted by Gasteiger charge is -2.06. The van der Waals surface area contributed by atoms with Gasteiger partial charge in [0.15, 0.2) is 0 Å². The van der Waals surface area contributed by atoms with Crippen molar-refractivity contribution < 1.29 is 8.42 Å². The minimum absolute atomic E-state index is 0.115. The predicted octanol–water partition coefficient (Wildman–Crippen LogP) is 0.158. The van der Waals surface area contributed by atoms with Crippen LogP contribution in [0.3, 0.4) is 0 Å². The number of sulfone groups is 1. The van der Waals surface area contributed by atoms with Crippen LogP contribution in [-0.4, -0.2) is 26.5 Å². The molecule has 11 heavy (non-hydrogen) atoms. The largest absolute Gasteiger partial charge is 0.330 e. The molecule has 0 bridgehead atoms. The standard InChI is InChI=1S/C7H15NO2S/c1-11(9,10)7-3-2-6(4-7)5-8/h6-7H,2-5,8H2,1H3/t6-,7-/m1/s1. The van der Waals surface area contributed by atoms with E-state index in [2.05, 4.69) is 0 Å². The van der Waals surface area contributed by atoms with E-state index in [0.717, 1.165) is 19.3 Å². The molecule has 1 fully saturated rings. The van der Waals surface area contributed by atoms with Crippen LogP contribution < -0.4 is 5.73 Å². The summed E-state index contributed by atoms with van der Waals surface area (Å²) in [7, 11) is -2.80. The first-order chi connectivity index (χ1) is 5.04. The highest BCUT2D eigenvalue weighted by atomic mass is 32.2. The summed E-state index contributed by atoms with van der Waals surface area (Å²) in [5, 5.41) is -0.115. The van der Waals surface area contributed by atoms with Gasteiger partial charge in [-0.1, -0.05) is 0 Å². The van der Waals surface area contributed by atoms with E-state index in [4.69, 9.17) is 5.73 Å². The van der Waals surface area contributed by atoms with Crippen LogP contribution in [0.1, 0.15) is 19.3 Å². The van der Waals surface area contributed by atoms with Crippen molar-refractivity contribution in [1.29, 1.82) is 0 Å². The molecule has 2 N–H and O–H groups in total. The fraction of sp³-hybridized carbons (Fsp3) is 1.00. The van der Waals surface area contributed by atoms with Gasteiger partial charge in [-0.15, -0.1) is 0 Å². The van der Waals surface area contributed by atoms with Gasteiger partial charge in [0.25, 0.3) is 0 Å². The summed E-state index contributed by atoms with van der Waals surface area (Å²) in [5.74, 6) is 0.440. The van der Waals surface area contributed by atoms with Crippen LogP contribution in [0.2, 0.25) is 0 Å². The van der Waals surface area contributed by atoms with Crippen molar-refractivity contribution in [2.45, 2.75) is 24.5 Å². The molecule has 1 rings (SSSR count). The van der Waals surface area contributed by atoms with Crippen molar-refractivity contribution in [2.24, 2.45) is 11.7 Å². The minimum atomic E-state index is -2.80. The molecule has 0 aliphatic heterocycles. The Labute approximate surface area is 67.9 Å². The Morgan fingerprint density at radius 2 is 2.09 bits per heavy atom. The van der Waals surface area contributed by atoms with Crippen molar-refractivity contribution in [3.05, 3.63) is 0 Å². The summed E-state index contributed by atoms with van der Waals surface area (Å²) in [6, 6.07) is 0. The second-order valence-electron chi connectivity index (χ2n) is 3.37. The first kappa shape index (κ1) is 9.00. The Kier molecular flexibility index (Phi) is 2.54. The molecule has 0 spiro atoms. The van der Waals surface area contributed by atoms with E-state index in [0.29, 0.717) is 12.5 Å². The summed E-state index contributed by atoms with van der Waals surface area (Å²) in [6.07, 6.45) is 3.88. The fourth-order valence-corrected chi connectivity index (χ4v) is 2.82. The average Bonchev–Trinajstić information content (AvgIpc) is 2.32. The highest BCUT2D eigenvalue weighted by molar-refractivity contribution is 7.91. The van der Waals surface area contributed by atoms with E-state index >= 15 is 0 Å². The molecule has 66 valence electrons. The Bertz CT molecular complexity index is 223. The summed E-state index contributed by atoms with van der Waals surface area (Å²) >= 11 is 0. The second-order valence-corrected chi connectivity index (χ2v) is 5.69. The van der Waals surface area contributed by atoms with Crippen molar-refractivity contribution in [3.63, 3.8) is 0 Å². The first-order valence-electron chi connectivity index (χ1n) is 3.93. The monoisotopic (exact) mass is 177 g/mol. The number of nitrogens with two attached hydrogens (primary N) is 1. The fourth-order valence-electron chi connectivity index (χ4n) is 1.63. The van der Waals surface area contributed by atoms with Crippen molar-refractivity contribution >= 4 is 9.84 Å². The van der Waals surface area contributed by atoms with Crippen LogP contribution in [0.4, 0.5) is 0 Å². The minimum Gasteiger partial charge on any atom is -0.330 e. The van der Waals surface area contributed by atoms with Gasteiger partial charge < -0.3 is 5.73 Å². The Balaban J connectivity index is 2.55. The SMILES string of the molecule is CS(=O)(=O)[C@@H]1CC[C@@H](CN)C1. The molecule has 1 aliphatic carbocycles. The second kappa shape index (κ2) is 3.11. The topological polar surface area (TPSA) is 60.2 Å². The van der Waals surface area contributed by atoms with Gasteiger partial charge in [-0.25, -0.2) is 8.42 Å². The Morgan fingerprint density at radius 1 is 1.45 bits per heavy atom. The summed E-state index contributed by atoms with van der Waals surface area (Å²) in [4.78, 5) is 0. The molecule has 0 heterocycles. The van der Waals surface area contributed by atoms with Crippen LogP contribution in [0.25, 0.3) is 0 Å². The molecule has 0 aromatic carbocycles. The highest BCUT2D eigenvalue weighted by Gasteiger charge is 2.30. The van der Waals surface area contributed by atoms with Gasteiger partial charge in [0.2, 0.25) is 0 Å². The molecule has 0 saturated heterocycles. The van der Waals surface area contributed by atoms with Crippen LogP contribution in [0.5, 0.6) is 0 Å². The molecule has 0 aromatic rings. The van der Waals surface area contributed by atoms with E-state index in [1.54, 1.807) is 0 Å². The maximum absolute atomic E-state index is 11.1. The van der Waals surface area contributed by atoms with E-state index in [-0.39, 0.29) is 5.25 Å². The number of rotatable bonds is 2. The zero-order valence-electron chi connectivity index (χ0n) is 6.79. The third kappa shape index (κ3) is 2.17. The van der Waals surface area contributed by atoms with E-state index in [1.807, 2.05) is 0 Å². The first-order valence-corrected chi connectivity index (χ1v) is 5.88. The molecule has 0 unspecified atom stereocenters. The maximum atomic E-state index is 11.1. The predicted molar refractivity (Wildman–Crippen MR) is 45.0 cm³/mol. The van der Waals surface area contributed by atoms with Crippen LogP contribution in [-0.2, 0) is 9.84 Å². The third-order valence-corrected chi connectivity index (χ3v) is 4.07. The molecule has 1 aliphatic rings. The maximum Gasteiger partial charge on any atom is 0.150 e. The van der Waals surface area contributed by atoms with Gasteiger partial charge in [0.1, 0.15) is 9.84 Å². The van der Waals surface area contributed by atoms with Gasteiger partial charge in [-0.2, -0.15) is 0 Å². The van der Waals surface area contributed by atoms with Crippen molar-refractivity contribution in [1.82, 2.24) is 0 Å². The average molecular weight is 177 g/mol. The van der Waals surface area contributed by atoms with Crippen molar-refractivity contribution in [3.8, 4) is 0 Å². The molecular formula is C7H15NO2S. The zero-order valence-corrected chi connectivity index (χ0v) is 7.60. The lowest BCUT2D eigenvalue weighted by molar-refractivity contribution is 0.553. The highest BCUT2D eigenvalue weighted by Crippen LogP contribution is 2.28. The molecule has 3 nitrogen and oxygen atoms in total.